The standard InChI is InChI=1S/C18H16ClN3O2S/c1-24-14-8-6-12(7-9-14)11-20-22-18-21-17(23)16(25-18)10-13-4-2-3-5-15(13)19/h2-9,11,16H,10H2,1H3,(H,21,22,23)/b20-11-. The van der Waals surface area contributed by atoms with Crippen molar-refractivity contribution in [2.75, 3.05) is 7.11 Å². The Morgan fingerprint density at radius 3 is 2.72 bits per heavy atom. The summed E-state index contributed by atoms with van der Waals surface area (Å²) in [5.41, 5.74) is 1.84. The SMILES string of the molecule is COc1ccc(/C=N\N=C2/NC(=O)C(Cc3ccccc3Cl)S2)cc1. The van der Waals surface area contributed by atoms with Gasteiger partial charge in [-0.05, 0) is 47.9 Å². The lowest BCUT2D eigenvalue weighted by atomic mass is 10.1. The van der Waals surface area contributed by atoms with Crippen LogP contribution in [0.1, 0.15) is 11.1 Å². The molecule has 1 unspecified atom stereocenters. The van der Waals surface area contributed by atoms with Gasteiger partial charge in [0, 0.05) is 5.02 Å². The molecule has 0 bridgehead atoms. The lowest BCUT2D eigenvalue weighted by Gasteiger charge is -2.06. The van der Waals surface area contributed by atoms with E-state index >= 15 is 0 Å². The molecule has 1 aliphatic heterocycles. The van der Waals surface area contributed by atoms with Gasteiger partial charge in [-0.2, -0.15) is 5.10 Å². The third kappa shape index (κ3) is 4.61. The van der Waals surface area contributed by atoms with Gasteiger partial charge in [-0.25, -0.2) is 0 Å². The molecule has 7 heteroatoms. The van der Waals surface area contributed by atoms with E-state index in [0.29, 0.717) is 16.6 Å². The van der Waals surface area contributed by atoms with E-state index in [0.717, 1.165) is 16.9 Å². The van der Waals surface area contributed by atoms with Crippen molar-refractivity contribution in [1.29, 1.82) is 0 Å². The second-order valence-corrected chi connectivity index (χ2v) is 6.91. The summed E-state index contributed by atoms with van der Waals surface area (Å²) < 4.78 is 5.10. The zero-order chi connectivity index (χ0) is 17.6. The average molecular weight is 374 g/mol. The number of benzene rings is 2. The first-order valence-corrected chi connectivity index (χ1v) is 8.87. The maximum atomic E-state index is 12.1. The van der Waals surface area contributed by atoms with Crippen LogP contribution in [0.5, 0.6) is 5.75 Å². The van der Waals surface area contributed by atoms with E-state index in [4.69, 9.17) is 16.3 Å². The normalized spacial score (nSPS) is 18.7. The van der Waals surface area contributed by atoms with Gasteiger partial charge in [0.05, 0.1) is 18.6 Å². The van der Waals surface area contributed by atoms with Crippen molar-refractivity contribution in [3.8, 4) is 5.75 Å². The van der Waals surface area contributed by atoms with Gasteiger partial charge in [0.2, 0.25) is 5.91 Å². The van der Waals surface area contributed by atoms with Crippen molar-refractivity contribution in [3.63, 3.8) is 0 Å². The molecule has 5 nitrogen and oxygen atoms in total. The number of rotatable bonds is 5. The number of amides is 1. The predicted octanol–water partition coefficient (Wildman–Crippen LogP) is 3.51. The molecule has 25 heavy (non-hydrogen) atoms. The Kier molecular flexibility index (Phi) is 5.73. The summed E-state index contributed by atoms with van der Waals surface area (Å²) in [6.07, 6.45) is 2.18. The van der Waals surface area contributed by atoms with Crippen LogP contribution >= 0.6 is 23.4 Å². The fourth-order valence-electron chi connectivity index (χ4n) is 2.29. The number of amidine groups is 1. The molecule has 128 valence electrons. The first kappa shape index (κ1) is 17.5. The number of nitrogens with zero attached hydrogens (tertiary/aromatic N) is 2. The lowest BCUT2D eigenvalue weighted by Crippen LogP contribution is -2.26. The summed E-state index contributed by atoms with van der Waals surface area (Å²) in [7, 11) is 1.62. The smallest absolute Gasteiger partial charge is 0.239 e. The number of carbonyl (C=O) groups excluding carboxylic acids is 1. The fraction of sp³-hybridized carbons (Fsp3) is 0.167. The molecule has 3 rings (SSSR count). The van der Waals surface area contributed by atoms with E-state index in [2.05, 4.69) is 15.5 Å². The summed E-state index contributed by atoms with van der Waals surface area (Å²) in [5.74, 6) is 0.702. The Hall–Kier alpha value is -2.31. The Morgan fingerprint density at radius 2 is 2.00 bits per heavy atom. The van der Waals surface area contributed by atoms with Gasteiger partial charge in [0.15, 0.2) is 5.17 Å². The van der Waals surface area contributed by atoms with Crippen molar-refractivity contribution in [2.24, 2.45) is 10.2 Å². The van der Waals surface area contributed by atoms with E-state index in [1.807, 2.05) is 48.5 Å². The number of methoxy groups -OCH3 is 1. The zero-order valence-corrected chi connectivity index (χ0v) is 15.1. The molecule has 1 aliphatic rings. The minimum absolute atomic E-state index is 0.0803. The molecule has 2 aromatic rings. The lowest BCUT2D eigenvalue weighted by molar-refractivity contribution is -0.118. The van der Waals surface area contributed by atoms with Gasteiger partial charge in [-0.15, -0.1) is 5.10 Å². The zero-order valence-electron chi connectivity index (χ0n) is 13.5. The molecule has 0 radical (unpaired) electrons. The Labute approximate surface area is 155 Å². The van der Waals surface area contributed by atoms with Crippen LogP contribution in [0.2, 0.25) is 5.02 Å². The van der Waals surface area contributed by atoms with Crippen LogP contribution < -0.4 is 10.1 Å². The Bertz CT molecular complexity index is 821. The molecule has 1 heterocycles. The van der Waals surface area contributed by atoms with Gasteiger partial charge in [-0.1, -0.05) is 41.6 Å². The highest BCUT2D eigenvalue weighted by Gasteiger charge is 2.30. The number of halogens is 1. The van der Waals surface area contributed by atoms with Gasteiger partial charge in [0.25, 0.3) is 0 Å². The van der Waals surface area contributed by atoms with Gasteiger partial charge in [-0.3, -0.25) is 4.79 Å². The minimum Gasteiger partial charge on any atom is -0.497 e. The van der Waals surface area contributed by atoms with E-state index in [1.54, 1.807) is 13.3 Å². The Balaban J connectivity index is 1.62. The van der Waals surface area contributed by atoms with Crippen molar-refractivity contribution in [1.82, 2.24) is 5.32 Å². The highest BCUT2D eigenvalue weighted by Crippen LogP contribution is 2.26. The minimum atomic E-state index is -0.255. The van der Waals surface area contributed by atoms with Crippen molar-refractivity contribution in [2.45, 2.75) is 11.7 Å². The molecule has 0 aliphatic carbocycles. The van der Waals surface area contributed by atoms with E-state index in [-0.39, 0.29) is 11.2 Å². The summed E-state index contributed by atoms with van der Waals surface area (Å²) in [6.45, 7) is 0. The quantitative estimate of drug-likeness (QED) is 0.644. The van der Waals surface area contributed by atoms with Crippen LogP contribution in [-0.4, -0.2) is 29.6 Å². The molecule has 2 aromatic carbocycles. The van der Waals surface area contributed by atoms with Crippen molar-refractivity contribution < 1.29 is 9.53 Å². The van der Waals surface area contributed by atoms with Crippen molar-refractivity contribution >= 4 is 40.7 Å². The van der Waals surface area contributed by atoms with Gasteiger partial charge >= 0.3 is 0 Å². The third-order valence-corrected chi connectivity index (χ3v) is 5.05. The average Bonchev–Trinajstić information content (AvgIpc) is 2.97. The molecule has 1 N–H and O–H groups in total. The molecule has 1 saturated heterocycles. The predicted molar refractivity (Wildman–Crippen MR) is 103 cm³/mol. The fourth-order valence-corrected chi connectivity index (χ4v) is 3.45. The van der Waals surface area contributed by atoms with Crippen LogP contribution in [0.25, 0.3) is 0 Å². The van der Waals surface area contributed by atoms with E-state index < -0.39 is 0 Å². The maximum Gasteiger partial charge on any atom is 0.239 e. The molecule has 1 amide bonds. The monoisotopic (exact) mass is 373 g/mol. The first-order chi connectivity index (χ1) is 12.2. The topological polar surface area (TPSA) is 63.1 Å². The Morgan fingerprint density at radius 1 is 1.24 bits per heavy atom. The third-order valence-electron chi connectivity index (χ3n) is 3.61. The van der Waals surface area contributed by atoms with E-state index in [9.17, 15) is 4.79 Å². The van der Waals surface area contributed by atoms with E-state index in [1.165, 1.54) is 11.8 Å². The highest BCUT2D eigenvalue weighted by atomic mass is 35.5. The molecular formula is C18H16ClN3O2S. The number of hydrogen-bond donors (Lipinski definition) is 1. The summed E-state index contributed by atoms with van der Waals surface area (Å²) in [5, 5.41) is 11.8. The van der Waals surface area contributed by atoms with Gasteiger partial charge < -0.3 is 10.1 Å². The number of thioether (sulfide) groups is 1. The van der Waals surface area contributed by atoms with Crippen LogP contribution in [-0.2, 0) is 11.2 Å². The number of ether oxygens (including phenoxy) is 1. The largest absolute Gasteiger partial charge is 0.497 e. The summed E-state index contributed by atoms with van der Waals surface area (Å²) in [6, 6.07) is 15.0. The molecule has 1 fully saturated rings. The van der Waals surface area contributed by atoms with Crippen LogP contribution in [0.15, 0.2) is 58.7 Å². The molecular weight excluding hydrogens is 358 g/mol. The molecule has 0 aromatic heterocycles. The number of hydrogen-bond acceptors (Lipinski definition) is 5. The first-order valence-electron chi connectivity index (χ1n) is 7.61. The number of carbonyl (C=O) groups is 1. The second kappa shape index (κ2) is 8.18. The highest BCUT2D eigenvalue weighted by molar-refractivity contribution is 8.15. The summed E-state index contributed by atoms with van der Waals surface area (Å²) in [4.78, 5) is 12.1. The maximum absolute atomic E-state index is 12.1. The van der Waals surface area contributed by atoms with Crippen LogP contribution in [0.4, 0.5) is 0 Å². The summed E-state index contributed by atoms with van der Waals surface area (Å²) >= 11 is 7.52. The second-order valence-electron chi connectivity index (χ2n) is 5.31. The molecule has 0 saturated carbocycles. The molecule has 1 atom stereocenters. The number of nitrogens with one attached hydrogen (secondary N) is 1. The van der Waals surface area contributed by atoms with Crippen LogP contribution in [0.3, 0.4) is 0 Å². The van der Waals surface area contributed by atoms with Crippen molar-refractivity contribution in [3.05, 3.63) is 64.7 Å². The molecule has 0 spiro atoms. The van der Waals surface area contributed by atoms with Gasteiger partial charge in [0.1, 0.15) is 5.75 Å². The van der Waals surface area contributed by atoms with Crippen LogP contribution in [0, 0.1) is 0 Å².